The first kappa shape index (κ1) is 15.5. The van der Waals surface area contributed by atoms with E-state index in [0.29, 0.717) is 17.9 Å². The molecule has 4 unspecified atom stereocenters. The molecule has 0 saturated carbocycles. The van der Waals surface area contributed by atoms with Gasteiger partial charge in [0.25, 0.3) is 0 Å². The van der Waals surface area contributed by atoms with Gasteiger partial charge in [-0.2, -0.15) is 0 Å². The van der Waals surface area contributed by atoms with Gasteiger partial charge in [-0.25, -0.2) is 0 Å². The summed E-state index contributed by atoms with van der Waals surface area (Å²) in [6.45, 7) is 10.9. The maximum atomic E-state index is 12.9. The molecule has 0 aromatic heterocycles. The van der Waals surface area contributed by atoms with E-state index in [2.05, 4.69) is 50.0 Å². The largest absolute Gasteiger partial charge is 0.382 e. The number of fused-ring (bicyclic) bond motifs is 1. The van der Waals surface area contributed by atoms with Crippen molar-refractivity contribution in [1.82, 2.24) is 4.90 Å². The minimum atomic E-state index is -0.0185. The zero-order valence-corrected chi connectivity index (χ0v) is 14.2. The number of nitrogens with zero attached hydrogens (tertiary/aromatic N) is 1. The Morgan fingerprint density at radius 3 is 2.59 bits per heavy atom. The molecule has 3 heteroatoms. The molecule has 0 spiro atoms. The molecule has 2 heterocycles. The summed E-state index contributed by atoms with van der Waals surface area (Å²) in [5, 5.41) is 3.45. The number of anilines is 1. The summed E-state index contributed by atoms with van der Waals surface area (Å²) in [4.78, 5) is 15.2. The van der Waals surface area contributed by atoms with Crippen molar-refractivity contribution in [2.75, 3.05) is 18.4 Å². The van der Waals surface area contributed by atoms with E-state index in [1.54, 1.807) is 0 Å². The van der Waals surface area contributed by atoms with Gasteiger partial charge in [0.15, 0.2) is 5.78 Å². The minimum Gasteiger partial charge on any atom is -0.382 e. The lowest BCUT2D eigenvalue weighted by molar-refractivity contribution is 0.0686. The van der Waals surface area contributed by atoms with Crippen LogP contribution in [0.5, 0.6) is 0 Å². The molecule has 2 aliphatic rings. The first-order valence-electron chi connectivity index (χ1n) is 8.61. The first-order chi connectivity index (χ1) is 10.4. The number of carbonyl (C=O) groups is 1. The second-order valence-electron chi connectivity index (χ2n) is 7.56. The van der Waals surface area contributed by atoms with Gasteiger partial charge in [0, 0.05) is 30.4 Å². The van der Waals surface area contributed by atoms with Gasteiger partial charge >= 0.3 is 0 Å². The Kier molecular flexibility index (Phi) is 4.26. The van der Waals surface area contributed by atoms with Gasteiger partial charge in [0.1, 0.15) is 0 Å². The second-order valence-corrected chi connectivity index (χ2v) is 7.56. The van der Waals surface area contributed by atoms with Crippen LogP contribution in [0.25, 0.3) is 0 Å². The maximum Gasteiger partial charge on any atom is 0.179 e. The molecule has 1 aromatic rings. The third-order valence-electron chi connectivity index (χ3n) is 5.14. The summed E-state index contributed by atoms with van der Waals surface area (Å²) >= 11 is 0. The number of nitrogens with one attached hydrogen (secondary N) is 1. The quantitative estimate of drug-likeness (QED) is 0.866. The van der Waals surface area contributed by atoms with Crippen molar-refractivity contribution in [3.8, 4) is 0 Å². The van der Waals surface area contributed by atoms with Crippen LogP contribution in [0.15, 0.2) is 18.2 Å². The van der Waals surface area contributed by atoms with E-state index in [1.165, 1.54) is 17.7 Å². The Hall–Kier alpha value is -1.35. The number of rotatable bonds is 3. The number of piperidine rings is 1. The molecule has 0 bridgehead atoms. The SMILES string of the molecule is CC1CC(C)CN(C(C)C(=O)c2ccc3c(c2)CC(C)N3)C1. The smallest absolute Gasteiger partial charge is 0.179 e. The number of benzene rings is 1. The standard InChI is InChI=1S/C19H28N2O/c1-12-7-13(2)11-21(10-12)15(4)19(22)16-5-6-18-17(9-16)8-14(3)20-18/h5-6,9,12-15,20H,7-8,10-11H2,1-4H3. The van der Waals surface area contributed by atoms with Gasteiger partial charge in [-0.3, -0.25) is 9.69 Å². The Bertz CT molecular complexity index is 559. The number of hydrogen-bond donors (Lipinski definition) is 1. The van der Waals surface area contributed by atoms with Gasteiger partial charge in [-0.1, -0.05) is 13.8 Å². The molecule has 4 atom stereocenters. The van der Waals surface area contributed by atoms with Crippen molar-refractivity contribution in [3.05, 3.63) is 29.3 Å². The van der Waals surface area contributed by atoms with E-state index >= 15 is 0 Å². The van der Waals surface area contributed by atoms with Crippen molar-refractivity contribution >= 4 is 11.5 Å². The monoisotopic (exact) mass is 300 g/mol. The number of Topliss-reactive ketones (excluding diaryl/α,β-unsaturated/α-hetero) is 1. The van der Waals surface area contributed by atoms with Crippen molar-refractivity contribution in [1.29, 1.82) is 0 Å². The fraction of sp³-hybridized carbons (Fsp3) is 0.632. The third kappa shape index (κ3) is 3.05. The highest BCUT2D eigenvalue weighted by molar-refractivity contribution is 6.00. The second kappa shape index (κ2) is 6.04. The molecular formula is C19H28N2O. The fourth-order valence-electron chi connectivity index (χ4n) is 4.14. The topological polar surface area (TPSA) is 32.3 Å². The highest BCUT2D eigenvalue weighted by Gasteiger charge is 2.29. The van der Waals surface area contributed by atoms with Gasteiger partial charge in [0.05, 0.1) is 6.04 Å². The van der Waals surface area contributed by atoms with Crippen LogP contribution >= 0.6 is 0 Å². The molecule has 1 fully saturated rings. The van der Waals surface area contributed by atoms with Crippen molar-refractivity contribution < 1.29 is 4.79 Å². The molecule has 3 nitrogen and oxygen atoms in total. The molecule has 0 aliphatic carbocycles. The van der Waals surface area contributed by atoms with Crippen LogP contribution in [0.1, 0.15) is 50.0 Å². The predicted octanol–water partition coefficient (Wildman–Crippen LogP) is 3.59. The fourth-order valence-corrected chi connectivity index (χ4v) is 4.14. The first-order valence-corrected chi connectivity index (χ1v) is 8.61. The molecule has 3 rings (SSSR count). The van der Waals surface area contributed by atoms with E-state index in [0.717, 1.165) is 25.1 Å². The number of likely N-dealkylation sites (tertiary alicyclic amines) is 1. The van der Waals surface area contributed by atoms with Gasteiger partial charge < -0.3 is 5.32 Å². The Morgan fingerprint density at radius 2 is 1.91 bits per heavy atom. The number of hydrogen-bond acceptors (Lipinski definition) is 3. The maximum absolute atomic E-state index is 12.9. The van der Waals surface area contributed by atoms with Crippen molar-refractivity contribution in [2.45, 2.75) is 52.6 Å². The van der Waals surface area contributed by atoms with Crippen LogP contribution < -0.4 is 5.32 Å². The molecule has 2 aliphatic heterocycles. The minimum absolute atomic E-state index is 0.0185. The van der Waals surface area contributed by atoms with E-state index in [4.69, 9.17) is 0 Å². The molecule has 1 saturated heterocycles. The summed E-state index contributed by atoms with van der Waals surface area (Å²) in [6, 6.07) is 6.61. The Balaban J connectivity index is 1.75. The summed E-state index contributed by atoms with van der Waals surface area (Å²) in [5.41, 5.74) is 3.34. The molecule has 1 N–H and O–H groups in total. The molecule has 1 aromatic carbocycles. The van der Waals surface area contributed by atoms with E-state index < -0.39 is 0 Å². The highest BCUT2D eigenvalue weighted by atomic mass is 16.1. The lowest BCUT2D eigenvalue weighted by Gasteiger charge is -2.38. The summed E-state index contributed by atoms with van der Waals surface area (Å²) < 4.78 is 0. The lowest BCUT2D eigenvalue weighted by atomic mass is 9.90. The molecular weight excluding hydrogens is 272 g/mol. The van der Waals surface area contributed by atoms with Crippen LogP contribution in [0.3, 0.4) is 0 Å². The summed E-state index contributed by atoms with van der Waals surface area (Å²) in [6.07, 6.45) is 2.29. The van der Waals surface area contributed by atoms with Crippen LogP contribution in [-0.4, -0.2) is 35.9 Å². The number of carbonyl (C=O) groups excluding carboxylic acids is 1. The summed E-state index contributed by atoms with van der Waals surface area (Å²) in [5.74, 6) is 1.64. The predicted molar refractivity (Wildman–Crippen MR) is 91.5 cm³/mol. The normalized spacial score (nSPS) is 29.7. The van der Waals surface area contributed by atoms with Crippen LogP contribution in [0.2, 0.25) is 0 Å². The van der Waals surface area contributed by atoms with Crippen LogP contribution in [-0.2, 0) is 6.42 Å². The molecule has 22 heavy (non-hydrogen) atoms. The van der Waals surface area contributed by atoms with Gasteiger partial charge in [-0.15, -0.1) is 0 Å². The Morgan fingerprint density at radius 1 is 1.23 bits per heavy atom. The molecule has 0 radical (unpaired) electrons. The number of ketones is 1. The van der Waals surface area contributed by atoms with Crippen molar-refractivity contribution in [2.24, 2.45) is 11.8 Å². The van der Waals surface area contributed by atoms with Crippen LogP contribution in [0, 0.1) is 11.8 Å². The van der Waals surface area contributed by atoms with E-state index in [9.17, 15) is 4.79 Å². The zero-order valence-electron chi connectivity index (χ0n) is 14.2. The van der Waals surface area contributed by atoms with Crippen LogP contribution in [0.4, 0.5) is 5.69 Å². The molecule has 0 amide bonds. The summed E-state index contributed by atoms with van der Waals surface area (Å²) in [7, 11) is 0. The average Bonchev–Trinajstić information content (AvgIpc) is 2.83. The van der Waals surface area contributed by atoms with E-state index in [1.807, 2.05) is 6.07 Å². The van der Waals surface area contributed by atoms with Gasteiger partial charge in [-0.05, 0) is 62.3 Å². The van der Waals surface area contributed by atoms with E-state index in [-0.39, 0.29) is 11.8 Å². The molecule has 120 valence electrons. The average molecular weight is 300 g/mol. The van der Waals surface area contributed by atoms with Gasteiger partial charge in [0.2, 0.25) is 0 Å². The third-order valence-corrected chi connectivity index (χ3v) is 5.14. The lowest BCUT2D eigenvalue weighted by Crippen LogP contribution is -2.47. The zero-order chi connectivity index (χ0) is 15.9. The Labute approximate surface area is 134 Å². The van der Waals surface area contributed by atoms with Crippen molar-refractivity contribution in [3.63, 3.8) is 0 Å². The highest BCUT2D eigenvalue weighted by Crippen LogP contribution is 2.28.